The van der Waals surface area contributed by atoms with E-state index < -0.39 is 0 Å². The maximum Gasteiger partial charge on any atom is 0.175 e. The second kappa shape index (κ2) is 9.60. The summed E-state index contributed by atoms with van der Waals surface area (Å²) in [6.07, 6.45) is 4.34. The van der Waals surface area contributed by atoms with E-state index in [2.05, 4.69) is 108 Å². The summed E-state index contributed by atoms with van der Waals surface area (Å²) in [4.78, 5) is 7.08. The molecule has 0 aliphatic rings. The maximum atomic E-state index is 5.53. The molecule has 0 aliphatic carbocycles. The fraction of sp³-hybridized carbons (Fsp3) is 0.0938. The van der Waals surface area contributed by atoms with E-state index >= 15 is 0 Å². The minimum atomic E-state index is 0.0644. The highest BCUT2D eigenvalue weighted by Gasteiger charge is 2.24. The number of rotatable bonds is 5. The Morgan fingerprint density at radius 1 is 0.622 bits per heavy atom. The van der Waals surface area contributed by atoms with Gasteiger partial charge in [0.25, 0.3) is 0 Å². The maximum absolute atomic E-state index is 5.53. The van der Waals surface area contributed by atoms with Crippen molar-refractivity contribution in [3.05, 3.63) is 131 Å². The van der Waals surface area contributed by atoms with Crippen molar-refractivity contribution < 1.29 is 0 Å². The Morgan fingerprint density at radius 3 is 1.68 bits per heavy atom. The van der Waals surface area contributed by atoms with E-state index in [1.807, 2.05) is 30.3 Å². The first-order valence-electron chi connectivity index (χ1n) is 12.4. The molecular formula is C32H28N4S. The number of para-hydroxylation sites is 3. The van der Waals surface area contributed by atoms with Gasteiger partial charge in [-0.1, -0.05) is 66.7 Å². The van der Waals surface area contributed by atoms with E-state index in [9.17, 15) is 0 Å². The smallest absolute Gasteiger partial charge is 0.175 e. The number of anilines is 2. The van der Waals surface area contributed by atoms with Gasteiger partial charge in [-0.15, -0.1) is 0 Å². The van der Waals surface area contributed by atoms with E-state index in [4.69, 9.17) is 12.2 Å². The number of nitrogens with one attached hydrogen (secondary N) is 4. The van der Waals surface area contributed by atoms with Crippen molar-refractivity contribution in [3.8, 4) is 0 Å². The van der Waals surface area contributed by atoms with Crippen LogP contribution >= 0.6 is 12.2 Å². The van der Waals surface area contributed by atoms with Gasteiger partial charge < -0.3 is 20.6 Å². The molecule has 0 atom stereocenters. The highest BCUT2D eigenvalue weighted by molar-refractivity contribution is 7.80. The lowest BCUT2D eigenvalue weighted by Gasteiger charge is -2.18. The molecule has 5 heteroatoms. The second-order valence-corrected chi connectivity index (χ2v) is 9.89. The zero-order chi connectivity index (χ0) is 25.4. The Morgan fingerprint density at radius 2 is 1.14 bits per heavy atom. The number of H-pyrrole nitrogens is 2. The van der Waals surface area contributed by atoms with Gasteiger partial charge in [-0.2, -0.15) is 0 Å². The predicted molar refractivity (Wildman–Crippen MR) is 160 cm³/mol. The minimum Gasteiger partial charge on any atom is -0.361 e. The molecule has 0 spiro atoms. The van der Waals surface area contributed by atoms with E-state index in [0.717, 1.165) is 11.4 Å². The third-order valence-electron chi connectivity index (χ3n) is 7.07. The van der Waals surface area contributed by atoms with Crippen LogP contribution in [0.3, 0.4) is 0 Å². The van der Waals surface area contributed by atoms with Crippen molar-refractivity contribution in [2.75, 3.05) is 10.6 Å². The average Bonchev–Trinajstić information content (AvgIpc) is 3.53. The van der Waals surface area contributed by atoms with Crippen molar-refractivity contribution in [1.82, 2.24) is 9.97 Å². The average molecular weight is 501 g/mol. The van der Waals surface area contributed by atoms with E-state index in [1.165, 1.54) is 49.6 Å². The molecule has 2 aromatic heterocycles. The third-order valence-corrected chi connectivity index (χ3v) is 7.27. The number of benzene rings is 4. The zero-order valence-electron chi connectivity index (χ0n) is 20.8. The van der Waals surface area contributed by atoms with Crippen LogP contribution in [0.15, 0.2) is 103 Å². The summed E-state index contributed by atoms with van der Waals surface area (Å²) in [5.41, 5.74) is 10.5. The van der Waals surface area contributed by atoms with E-state index in [1.54, 1.807) is 0 Å². The first-order valence-corrected chi connectivity index (χ1v) is 12.9. The summed E-state index contributed by atoms with van der Waals surface area (Å²) in [6, 6.07) is 31.5. The zero-order valence-corrected chi connectivity index (χ0v) is 21.6. The summed E-state index contributed by atoms with van der Waals surface area (Å²) in [7, 11) is 0. The Balaban J connectivity index is 1.39. The molecule has 6 aromatic rings. The van der Waals surface area contributed by atoms with Crippen LogP contribution < -0.4 is 10.6 Å². The fourth-order valence-corrected chi connectivity index (χ4v) is 5.47. The van der Waals surface area contributed by atoms with Gasteiger partial charge in [-0.3, -0.25) is 0 Å². The molecule has 6 rings (SSSR count). The first kappa shape index (κ1) is 23.1. The number of hydrogen-bond acceptors (Lipinski definition) is 1. The molecule has 37 heavy (non-hydrogen) atoms. The normalized spacial score (nSPS) is 11.3. The highest BCUT2D eigenvalue weighted by atomic mass is 32.1. The number of aromatic amines is 2. The van der Waals surface area contributed by atoms with Crippen LogP contribution in [0.2, 0.25) is 0 Å². The lowest BCUT2D eigenvalue weighted by atomic mass is 9.84. The van der Waals surface area contributed by atoms with Crippen LogP contribution in [-0.4, -0.2) is 15.1 Å². The topological polar surface area (TPSA) is 55.6 Å². The molecule has 0 aliphatic heterocycles. The number of hydrogen-bond donors (Lipinski definition) is 4. The molecule has 4 N–H and O–H groups in total. The van der Waals surface area contributed by atoms with Crippen LogP contribution in [0.4, 0.5) is 11.4 Å². The predicted octanol–water partition coefficient (Wildman–Crippen LogP) is 8.26. The lowest BCUT2D eigenvalue weighted by molar-refractivity contribution is 0.998. The largest absolute Gasteiger partial charge is 0.361 e. The number of aryl methyl sites for hydroxylation is 2. The van der Waals surface area contributed by atoms with Crippen LogP contribution in [0, 0.1) is 13.8 Å². The van der Waals surface area contributed by atoms with Gasteiger partial charge in [0.2, 0.25) is 0 Å². The van der Waals surface area contributed by atoms with Gasteiger partial charge in [0, 0.05) is 51.5 Å². The van der Waals surface area contributed by atoms with E-state index in [-0.39, 0.29) is 5.92 Å². The Kier molecular flexibility index (Phi) is 5.99. The summed E-state index contributed by atoms with van der Waals surface area (Å²) in [5, 5.41) is 9.61. The van der Waals surface area contributed by atoms with Gasteiger partial charge in [-0.05, 0) is 78.1 Å². The second-order valence-electron chi connectivity index (χ2n) is 9.48. The molecule has 4 nitrogen and oxygen atoms in total. The van der Waals surface area contributed by atoms with Gasteiger partial charge in [0.1, 0.15) is 0 Å². The molecule has 0 saturated carbocycles. The SMILES string of the molecule is Cc1cccc2c(C(c3ccc(NC(=S)Nc4ccccc4)cc3)c3c[nH]c4c(C)cccc34)c[nH]c12. The number of thiocarbonyl (C=S) groups is 1. The lowest BCUT2D eigenvalue weighted by Crippen LogP contribution is -2.19. The minimum absolute atomic E-state index is 0.0644. The van der Waals surface area contributed by atoms with Crippen LogP contribution in [0.1, 0.15) is 33.7 Å². The first-order chi connectivity index (χ1) is 18.1. The molecule has 4 aromatic carbocycles. The number of fused-ring (bicyclic) bond motifs is 2. The summed E-state index contributed by atoms with van der Waals surface area (Å²) >= 11 is 5.53. The Labute approximate surface area is 221 Å². The molecular weight excluding hydrogens is 472 g/mol. The van der Waals surface area contributed by atoms with Crippen LogP contribution in [-0.2, 0) is 0 Å². The molecule has 2 heterocycles. The van der Waals surface area contributed by atoms with Gasteiger partial charge in [0.05, 0.1) is 0 Å². The van der Waals surface area contributed by atoms with Crippen molar-refractivity contribution in [2.45, 2.75) is 19.8 Å². The molecule has 0 radical (unpaired) electrons. The van der Waals surface area contributed by atoms with Crippen molar-refractivity contribution in [3.63, 3.8) is 0 Å². The van der Waals surface area contributed by atoms with Crippen LogP contribution in [0.25, 0.3) is 21.8 Å². The van der Waals surface area contributed by atoms with E-state index in [0.29, 0.717) is 5.11 Å². The summed E-state index contributed by atoms with van der Waals surface area (Å²) < 4.78 is 0. The molecule has 0 bridgehead atoms. The van der Waals surface area contributed by atoms with Gasteiger partial charge in [0.15, 0.2) is 5.11 Å². The standard InChI is InChI=1S/C32H28N4S/c1-20-8-6-12-25-27(18-33-30(20)25)29(28-19-34-31-21(2)9-7-13-26(28)31)22-14-16-24(17-15-22)36-32(37)35-23-10-4-3-5-11-23/h3-19,29,33-34H,1-2H3,(H2,35,36,37). The summed E-state index contributed by atoms with van der Waals surface area (Å²) in [6.45, 7) is 4.30. The molecule has 0 saturated heterocycles. The van der Waals surface area contributed by atoms with Crippen molar-refractivity contribution in [2.24, 2.45) is 0 Å². The van der Waals surface area contributed by atoms with Gasteiger partial charge >= 0.3 is 0 Å². The third kappa shape index (κ3) is 4.39. The molecule has 0 fully saturated rings. The highest BCUT2D eigenvalue weighted by Crippen LogP contribution is 2.40. The van der Waals surface area contributed by atoms with Crippen molar-refractivity contribution in [1.29, 1.82) is 0 Å². The van der Waals surface area contributed by atoms with Crippen molar-refractivity contribution >= 4 is 50.5 Å². The quantitative estimate of drug-likeness (QED) is 0.180. The summed E-state index contributed by atoms with van der Waals surface area (Å²) in [5.74, 6) is 0.0644. The van der Waals surface area contributed by atoms with Crippen LogP contribution in [0.5, 0.6) is 0 Å². The monoisotopic (exact) mass is 500 g/mol. The number of aromatic nitrogens is 2. The Bertz CT molecular complexity index is 1630. The molecule has 0 unspecified atom stereocenters. The molecule has 182 valence electrons. The Hall–Kier alpha value is -4.35. The fourth-order valence-electron chi connectivity index (χ4n) is 5.23. The van der Waals surface area contributed by atoms with Gasteiger partial charge in [-0.25, -0.2) is 0 Å². The molecule has 0 amide bonds.